The van der Waals surface area contributed by atoms with Gasteiger partial charge in [0, 0.05) is 49.6 Å². The predicted molar refractivity (Wildman–Crippen MR) is 174 cm³/mol. The lowest BCUT2D eigenvalue weighted by molar-refractivity contribution is -0.277. The Bertz CT molecular complexity index is 1460. The molecule has 1 amide bonds. The number of aliphatic hydroxyl groups excluding tert-OH is 1. The molecule has 0 saturated carbocycles. The number of nitrogens with one attached hydrogen (secondary N) is 1. The topological polar surface area (TPSA) is 118 Å². The average Bonchev–Trinajstić information content (AvgIpc) is 3.06. The maximum absolute atomic E-state index is 12.3. The molecular weight excluding hydrogens is 608 g/mol. The number of carbonyl (C=O) groups is 2. The minimum absolute atomic E-state index is 0.0253. The molecule has 0 radical (unpaired) electrons. The predicted octanol–water partition coefficient (Wildman–Crippen LogP) is 5.18. The van der Waals surface area contributed by atoms with Gasteiger partial charge in [-0.25, -0.2) is 0 Å². The molecule has 2 aliphatic heterocycles. The number of ether oxygens (including phenoxy) is 3. The number of aliphatic hydroxyl groups is 2. The number of halogens is 1. The van der Waals surface area contributed by atoms with Crippen LogP contribution in [0.15, 0.2) is 72.8 Å². The van der Waals surface area contributed by atoms with E-state index in [-0.39, 0.29) is 37.2 Å². The number of carbonyl (C=O) groups excluding carboxylic acids is 2. The summed E-state index contributed by atoms with van der Waals surface area (Å²) in [7, 11) is 0. The van der Waals surface area contributed by atoms with Gasteiger partial charge in [0.25, 0.3) is 5.91 Å². The fourth-order valence-corrected chi connectivity index (χ4v) is 6.29. The summed E-state index contributed by atoms with van der Waals surface area (Å²) in [5.41, 5.74) is 3.59. The van der Waals surface area contributed by atoms with Gasteiger partial charge >= 0.3 is 5.97 Å². The summed E-state index contributed by atoms with van der Waals surface area (Å²) in [6, 6.07) is 23.0. The van der Waals surface area contributed by atoms with Crippen molar-refractivity contribution in [3.8, 4) is 0 Å². The number of hydrogen-bond donors (Lipinski definition) is 3. The first-order chi connectivity index (χ1) is 22.0. The van der Waals surface area contributed by atoms with Crippen molar-refractivity contribution in [3.63, 3.8) is 0 Å². The monoisotopic (exact) mass is 650 g/mol. The smallest absolute Gasteiger partial charge is 0.303 e. The van der Waals surface area contributed by atoms with Gasteiger partial charge in [-0.3, -0.25) is 9.59 Å². The van der Waals surface area contributed by atoms with Gasteiger partial charge in [0.1, 0.15) is 0 Å². The van der Waals surface area contributed by atoms with Gasteiger partial charge in [0.15, 0.2) is 12.4 Å². The van der Waals surface area contributed by atoms with E-state index in [0.717, 1.165) is 40.9 Å². The SMILES string of the molecule is CC(=O)O[C@@H](C)C(=O)NCc1ccc([C@@H]2O[C@H](CN3CCC(O)(c4ccc(Cl)cc4)CC3)[C@H](C)[C@H](c3ccc(CO)cc3)O2)cc1. The van der Waals surface area contributed by atoms with E-state index in [9.17, 15) is 19.8 Å². The number of likely N-dealkylation sites (tertiary alicyclic amines) is 1. The molecule has 2 saturated heterocycles. The Morgan fingerprint density at radius 1 is 0.978 bits per heavy atom. The van der Waals surface area contributed by atoms with Gasteiger partial charge in [-0.1, -0.05) is 79.2 Å². The number of hydrogen-bond acceptors (Lipinski definition) is 8. The summed E-state index contributed by atoms with van der Waals surface area (Å²) in [6.45, 7) is 7.35. The van der Waals surface area contributed by atoms with Crippen molar-refractivity contribution in [1.29, 1.82) is 0 Å². The average molecular weight is 651 g/mol. The summed E-state index contributed by atoms with van der Waals surface area (Å²) in [6.07, 6.45) is -0.654. The first kappa shape index (κ1) is 34.0. The number of piperidine rings is 1. The third-order valence-electron chi connectivity index (χ3n) is 9.06. The molecule has 2 fully saturated rings. The second-order valence-electron chi connectivity index (χ2n) is 12.4. The van der Waals surface area contributed by atoms with Gasteiger partial charge in [0.2, 0.25) is 0 Å². The second kappa shape index (κ2) is 15.1. The lowest BCUT2D eigenvalue weighted by atomic mass is 9.84. The van der Waals surface area contributed by atoms with E-state index in [2.05, 4.69) is 17.1 Å². The highest BCUT2D eigenvalue weighted by molar-refractivity contribution is 6.30. The van der Waals surface area contributed by atoms with Crippen LogP contribution in [0.5, 0.6) is 0 Å². The van der Waals surface area contributed by atoms with E-state index in [0.29, 0.717) is 24.4 Å². The van der Waals surface area contributed by atoms with Crippen molar-refractivity contribution in [3.05, 3.63) is 106 Å². The Balaban J connectivity index is 1.28. The van der Waals surface area contributed by atoms with Crippen LogP contribution in [0.25, 0.3) is 0 Å². The van der Waals surface area contributed by atoms with Crippen LogP contribution in [0, 0.1) is 5.92 Å². The number of benzene rings is 3. The summed E-state index contributed by atoms with van der Waals surface area (Å²) in [5.74, 6) is -0.842. The van der Waals surface area contributed by atoms with Crippen molar-refractivity contribution in [2.24, 2.45) is 5.92 Å². The molecule has 5 atom stereocenters. The third-order valence-corrected chi connectivity index (χ3v) is 9.31. The van der Waals surface area contributed by atoms with Gasteiger partial charge in [0.05, 0.1) is 24.4 Å². The van der Waals surface area contributed by atoms with E-state index >= 15 is 0 Å². The molecule has 0 aromatic heterocycles. The van der Waals surface area contributed by atoms with Crippen LogP contribution in [0.2, 0.25) is 5.02 Å². The van der Waals surface area contributed by atoms with Gasteiger partial charge in [-0.15, -0.1) is 0 Å². The molecule has 9 nitrogen and oxygen atoms in total. The van der Waals surface area contributed by atoms with Crippen LogP contribution in [-0.4, -0.2) is 58.8 Å². The molecule has 5 rings (SSSR count). The fourth-order valence-electron chi connectivity index (χ4n) is 6.16. The number of nitrogens with zero attached hydrogens (tertiary/aromatic N) is 1. The van der Waals surface area contributed by atoms with Crippen molar-refractivity contribution in [2.45, 2.75) is 77.0 Å². The summed E-state index contributed by atoms with van der Waals surface area (Å²) in [5, 5.41) is 24.4. The van der Waals surface area contributed by atoms with Crippen LogP contribution in [0.1, 0.15) is 73.8 Å². The molecular formula is C36H43ClN2O7. The molecule has 3 aromatic rings. The molecule has 246 valence electrons. The second-order valence-corrected chi connectivity index (χ2v) is 12.8. The standard InChI is InChI=1S/C36H43ClN2O7/c1-23-32(21-39-18-16-36(43,17-19-39)30-12-14-31(37)15-13-30)45-35(46-33(23)28-8-6-27(22-40)7-9-28)29-10-4-26(5-11-29)20-38-34(42)24(2)44-25(3)41/h4-15,23-24,32-33,35,40,43H,16-22H2,1-3H3,(H,38,42)/t23-,24-,32+,33+,35+/m0/s1. The first-order valence-corrected chi connectivity index (χ1v) is 16.2. The van der Waals surface area contributed by atoms with E-state index in [1.165, 1.54) is 13.8 Å². The number of esters is 1. The highest BCUT2D eigenvalue weighted by Gasteiger charge is 2.41. The van der Waals surface area contributed by atoms with Gasteiger partial charge in [-0.05, 0) is 54.2 Å². The van der Waals surface area contributed by atoms with E-state index < -0.39 is 24.0 Å². The Labute approximate surface area is 275 Å². The number of amides is 1. The van der Waals surface area contributed by atoms with E-state index in [1.54, 1.807) is 0 Å². The molecule has 0 bridgehead atoms. The minimum Gasteiger partial charge on any atom is -0.453 e. The Kier molecular flexibility index (Phi) is 11.1. The van der Waals surface area contributed by atoms with Crippen LogP contribution in [0.3, 0.4) is 0 Å². The highest BCUT2D eigenvalue weighted by atomic mass is 35.5. The van der Waals surface area contributed by atoms with E-state index in [4.69, 9.17) is 25.8 Å². The fraction of sp³-hybridized carbons (Fsp3) is 0.444. The van der Waals surface area contributed by atoms with Crippen molar-refractivity contribution in [1.82, 2.24) is 10.2 Å². The van der Waals surface area contributed by atoms with Gasteiger partial charge < -0.3 is 34.6 Å². The molecule has 0 unspecified atom stereocenters. The number of rotatable bonds is 10. The van der Waals surface area contributed by atoms with E-state index in [1.807, 2.05) is 72.8 Å². The summed E-state index contributed by atoms with van der Waals surface area (Å²) >= 11 is 6.07. The van der Waals surface area contributed by atoms with Crippen molar-refractivity contribution in [2.75, 3.05) is 19.6 Å². The Hall–Kier alpha value is -3.31. The third kappa shape index (κ3) is 8.34. The maximum atomic E-state index is 12.3. The molecule has 3 aromatic carbocycles. The molecule has 2 aliphatic rings. The van der Waals surface area contributed by atoms with Crippen LogP contribution >= 0.6 is 11.6 Å². The molecule has 46 heavy (non-hydrogen) atoms. The van der Waals surface area contributed by atoms with Crippen LogP contribution in [-0.2, 0) is 42.6 Å². The zero-order chi connectivity index (χ0) is 32.8. The van der Waals surface area contributed by atoms with Crippen LogP contribution in [0.4, 0.5) is 0 Å². The molecule has 10 heteroatoms. The molecule has 2 heterocycles. The lowest BCUT2D eigenvalue weighted by Gasteiger charge is -2.45. The summed E-state index contributed by atoms with van der Waals surface area (Å²) < 4.78 is 18.2. The molecule has 3 N–H and O–H groups in total. The normalized spacial score (nSPS) is 23.8. The Morgan fingerprint density at radius 2 is 1.59 bits per heavy atom. The van der Waals surface area contributed by atoms with Crippen molar-refractivity contribution < 1.29 is 34.0 Å². The lowest BCUT2D eigenvalue weighted by Crippen LogP contribution is -2.49. The minimum atomic E-state index is -0.886. The highest BCUT2D eigenvalue weighted by Crippen LogP contribution is 2.42. The van der Waals surface area contributed by atoms with Gasteiger partial charge in [-0.2, -0.15) is 0 Å². The molecule has 0 aliphatic carbocycles. The van der Waals surface area contributed by atoms with Crippen molar-refractivity contribution >= 4 is 23.5 Å². The zero-order valence-electron chi connectivity index (χ0n) is 26.5. The summed E-state index contributed by atoms with van der Waals surface area (Å²) in [4.78, 5) is 25.8. The largest absolute Gasteiger partial charge is 0.453 e. The first-order valence-electron chi connectivity index (χ1n) is 15.8. The maximum Gasteiger partial charge on any atom is 0.303 e. The van der Waals surface area contributed by atoms with Crippen LogP contribution < -0.4 is 5.32 Å². The molecule has 0 spiro atoms. The zero-order valence-corrected chi connectivity index (χ0v) is 27.3. The quantitative estimate of drug-likeness (QED) is 0.257. The Morgan fingerprint density at radius 3 is 2.20 bits per heavy atom.